The second kappa shape index (κ2) is 4.77. The molecule has 0 spiro atoms. The maximum absolute atomic E-state index is 5.72. The highest BCUT2D eigenvalue weighted by molar-refractivity contribution is 4.99. The predicted molar refractivity (Wildman–Crippen MR) is 58.6 cm³/mol. The minimum absolute atomic E-state index is 0.177. The molecule has 0 bridgehead atoms. The van der Waals surface area contributed by atoms with Crippen molar-refractivity contribution in [3.8, 4) is 0 Å². The van der Waals surface area contributed by atoms with E-state index in [1.54, 1.807) is 0 Å². The molecule has 2 rings (SSSR count). The molecule has 0 saturated carbocycles. The normalized spacial score (nSPS) is 23.2. The largest absolute Gasteiger partial charge is 0.376 e. The van der Waals surface area contributed by atoms with Crippen molar-refractivity contribution in [2.24, 2.45) is 5.73 Å². The zero-order valence-electron chi connectivity index (χ0n) is 9.22. The van der Waals surface area contributed by atoms with Crippen LogP contribution in [0.25, 0.3) is 0 Å². The highest BCUT2D eigenvalue weighted by Gasteiger charge is 2.15. The van der Waals surface area contributed by atoms with Crippen molar-refractivity contribution in [3.63, 3.8) is 0 Å². The van der Waals surface area contributed by atoms with E-state index in [1.807, 2.05) is 13.3 Å². The maximum atomic E-state index is 5.72. The van der Waals surface area contributed by atoms with Crippen LogP contribution in [0.5, 0.6) is 0 Å². The Balaban J connectivity index is 1.88. The minimum atomic E-state index is 0.177. The van der Waals surface area contributed by atoms with Gasteiger partial charge in [-0.15, -0.1) is 0 Å². The first-order valence-corrected chi connectivity index (χ1v) is 5.62. The molecule has 1 aromatic rings. The molecule has 0 aromatic carbocycles. The zero-order valence-corrected chi connectivity index (χ0v) is 9.22. The third-order valence-corrected chi connectivity index (χ3v) is 2.66. The number of hydrogen-bond donors (Lipinski definition) is 1. The lowest BCUT2D eigenvalue weighted by Crippen LogP contribution is -2.18. The molecular formula is C11H19N3O. The van der Waals surface area contributed by atoms with E-state index in [0.717, 1.165) is 25.3 Å². The van der Waals surface area contributed by atoms with Gasteiger partial charge in [0.1, 0.15) is 0 Å². The molecule has 1 aliphatic heterocycles. The summed E-state index contributed by atoms with van der Waals surface area (Å²) in [5.74, 6) is 0. The summed E-state index contributed by atoms with van der Waals surface area (Å²) in [5, 5.41) is 0. The predicted octanol–water partition coefficient (Wildman–Crippen LogP) is 0.952. The molecule has 1 aliphatic rings. The molecule has 2 atom stereocenters. The summed E-state index contributed by atoms with van der Waals surface area (Å²) in [7, 11) is 0. The third kappa shape index (κ3) is 3.04. The SMILES string of the molecule is CC(N)Cc1cn(CC2CCCO2)cn1. The molecule has 2 unspecified atom stereocenters. The first-order valence-electron chi connectivity index (χ1n) is 5.62. The van der Waals surface area contributed by atoms with Crippen LogP contribution >= 0.6 is 0 Å². The Kier molecular flexibility index (Phi) is 3.38. The lowest BCUT2D eigenvalue weighted by atomic mass is 10.2. The van der Waals surface area contributed by atoms with Gasteiger partial charge in [0.15, 0.2) is 0 Å². The Morgan fingerprint density at radius 1 is 1.73 bits per heavy atom. The van der Waals surface area contributed by atoms with Gasteiger partial charge in [0.25, 0.3) is 0 Å². The summed E-state index contributed by atoms with van der Waals surface area (Å²) in [6.07, 6.45) is 7.53. The number of rotatable bonds is 4. The van der Waals surface area contributed by atoms with Crippen molar-refractivity contribution in [2.45, 2.75) is 44.9 Å². The Bertz CT molecular complexity index is 303. The van der Waals surface area contributed by atoms with Crippen molar-refractivity contribution >= 4 is 0 Å². The first-order chi connectivity index (χ1) is 7.24. The van der Waals surface area contributed by atoms with Gasteiger partial charge in [-0.3, -0.25) is 0 Å². The van der Waals surface area contributed by atoms with E-state index in [9.17, 15) is 0 Å². The lowest BCUT2D eigenvalue weighted by molar-refractivity contribution is 0.0970. The van der Waals surface area contributed by atoms with Gasteiger partial charge in [-0.1, -0.05) is 0 Å². The van der Waals surface area contributed by atoms with Crippen molar-refractivity contribution in [3.05, 3.63) is 18.2 Å². The first kappa shape index (κ1) is 10.6. The number of ether oxygens (including phenoxy) is 1. The van der Waals surface area contributed by atoms with E-state index in [0.29, 0.717) is 6.10 Å². The van der Waals surface area contributed by atoms with Crippen molar-refractivity contribution < 1.29 is 4.74 Å². The monoisotopic (exact) mass is 209 g/mol. The fourth-order valence-electron chi connectivity index (χ4n) is 1.97. The number of nitrogens with two attached hydrogens (primary N) is 1. The molecule has 84 valence electrons. The Labute approximate surface area is 90.4 Å². The van der Waals surface area contributed by atoms with Crippen LogP contribution in [0.15, 0.2) is 12.5 Å². The average molecular weight is 209 g/mol. The van der Waals surface area contributed by atoms with Crippen molar-refractivity contribution in [2.75, 3.05) is 6.61 Å². The number of imidazole rings is 1. The molecule has 15 heavy (non-hydrogen) atoms. The van der Waals surface area contributed by atoms with Crippen LogP contribution in [0, 0.1) is 0 Å². The van der Waals surface area contributed by atoms with Gasteiger partial charge in [0.2, 0.25) is 0 Å². The molecule has 4 nitrogen and oxygen atoms in total. The molecule has 1 aromatic heterocycles. The van der Waals surface area contributed by atoms with Gasteiger partial charge in [0, 0.05) is 31.8 Å². The van der Waals surface area contributed by atoms with E-state index in [4.69, 9.17) is 10.5 Å². The topological polar surface area (TPSA) is 53.1 Å². The van der Waals surface area contributed by atoms with Gasteiger partial charge >= 0.3 is 0 Å². The molecule has 0 radical (unpaired) electrons. The molecule has 2 heterocycles. The summed E-state index contributed by atoms with van der Waals surface area (Å²) in [5.41, 5.74) is 6.80. The summed E-state index contributed by atoms with van der Waals surface area (Å²) >= 11 is 0. The molecule has 1 fully saturated rings. The van der Waals surface area contributed by atoms with Crippen LogP contribution in [-0.4, -0.2) is 28.3 Å². The van der Waals surface area contributed by atoms with E-state index >= 15 is 0 Å². The fraction of sp³-hybridized carbons (Fsp3) is 0.727. The quantitative estimate of drug-likeness (QED) is 0.803. The molecule has 4 heteroatoms. The standard InChI is InChI=1S/C11H19N3O/c1-9(12)5-10-6-14(8-13-10)7-11-3-2-4-15-11/h6,8-9,11H,2-5,7,12H2,1H3. The smallest absolute Gasteiger partial charge is 0.0950 e. The highest BCUT2D eigenvalue weighted by atomic mass is 16.5. The van der Waals surface area contributed by atoms with Crippen molar-refractivity contribution in [1.82, 2.24) is 9.55 Å². The van der Waals surface area contributed by atoms with Crippen LogP contribution in [-0.2, 0) is 17.7 Å². The number of aromatic nitrogens is 2. The van der Waals surface area contributed by atoms with E-state index in [1.165, 1.54) is 12.8 Å². The molecule has 1 saturated heterocycles. The summed E-state index contributed by atoms with van der Waals surface area (Å²) in [4.78, 5) is 4.33. The van der Waals surface area contributed by atoms with E-state index < -0.39 is 0 Å². The Hall–Kier alpha value is -0.870. The molecular weight excluding hydrogens is 190 g/mol. The van der Waals surface area contributed by atoms with Crippen LogP contribution in [0.2, 0.25) is 0 Å². The Morgan fingerprint density at radius 3 is 3.27 bits per heavy atom. The van der Waals surface area contributed by atoms with E-state index in [-0.39, 0.29) is 6.04 Å². The van der Waals surface area contributed by atoms with E-state index in [2.05, 4.69) is 15.7 Å². The average Bonchev–Trinajstić information content (AvgIpc) is 2.77. The van der Waals surface area contributed by atoms with Crippen molar-refractivity contribution in [1.29, 1.82) is 0 Å². The Morgan fingerprint density at radius 2 is 2.60 bits per heavy atom. The number of hydrogen-bond acceptors (Lipinski definition) is 3. The van der Waals surface area contributed by atoms with Gasteiger partial charge in [0.05, 0.1) is 18.1 Å². The minimum Gasteiger partial charge on any atom is -0.376 e. The van der Waals surface area contributed by atoms with Gasteiger partial charge < -0.3 is 15.0 Å². The molecule has 2 N–H and O–H groups in total. The van der Waals surface area contributed by atoms with Crippen LogP contribution in [0.4, 0.5) is 0 Å². The number of nitrogens with zero attached hydrogens (tertiary/aromatic N) is 2. The van der Waals surface area contributed by atoms with Crippen LogP contribution in [0.3, 0.4) is 0 Å². The highest BCUT2D eigenvalue weighted by Crippen LogP contribution is 2.14. The van der Waals surface area contributed by atoms with Crippen LogP contribution in [0.1, 0.15) is 25.5 Å². The third-order valence-electron chi connectivity index (χ3n) is 2.66. The maximum Gasteiger partial charge on any atom is 0.0950 e. The van der Waals surface area contributed by atoms with Crippen LogP contribution < -0.4 is 5.73 Å². The second-order valence-corrected chi connectivity index (χ2v) is 4.38. The molecule has 0 aliphatic carbocycles. The summed E-state index contributed by atoms with van der Waals surface area (Å²) in [6.45, 7) is 3.83. The van der Waals surface area contributed by atoms with Gasteiger partial charge in [-0.05, 0) is 19.8 Å². The summed E-state index contributed by atoms with van der Waals surface area (Å²) in [6, 6.07) is 0.177. The second-order valence-electron chi connectivity index (χ2n) is 4.38. The van der Waals surface area contributed by atoms with Gasteiger partial charge in [-0.2, -0.15) is 0 Å². The zero-order chi connectivity index (χ0) is 10.7. The lowest BCUT2D eigenvalue weighted by Gasteiger charge is -2.09. The fourth-order valence-corrected chi connectivity index (χ4v) is 1.97. The van der Waals surface area contributed by atoms with Gasteiger partial charge in [-0.25, -0.2) is 4.98 Å². The molecule has 0 amide bonds. The summed E-state index contributed by atoms with van der Waals surface area (Å²) < 4.78 is 7.68.